The SMILES string of the molecule is CC(C)Oc1cc(N(CCCN)c2ccccc2)ncn1. The Morgan fingerprint density at radius 1 is 1.19 bits per heavy atom. The first-order chi connectivity index (χ1) is 10.2. The van der Waals surface area contributed by atoms with Crippen LogP contribution in [0.4, 0.5) is 11.5 Å². The molecule has 0 bridgehead atoms. The summed E-state index contributed by atoms with van der Waals surface area (Å²) in [6.45, 7) is 5.40. The van der Waals surface area contributed by atoms with Gasteiger partial charge in [-0.05, 0) is 38.9 Å². The van der Waals surface area contributed by atoms with Gasteiger partial charge in [-0.2, -0.15) is 0 Å². The molecule has 21 heavy (non-hydrogen) atoms. The lowest BCUT2D eigenvalue weighted by Gasteiger charge is -2.24. The zero-order chi connectivity index (χ0) is 15.1. The molecular formula is C16H22N4O. The van der Waals surface area contributed by atoms with E-state index in [0.717, 1.165) is 24.5 Å². The molecule has 1 heterocycles. The summed E-state index contributed by atoms with van der Waals surface area (Å²) in [4.78, 5) is 10.6. The van der Waals surface area contributed by atoms with Gasteiger partial charge in [-0.1, -0.05) is 18.2 Å². The Morgan fingerprint density at radius 2 is 1.95 bits per heavy atom. The molecule has 5 nitrogen and oxygen atoms in total. The van der Waals surface area contributed by atoms with Crippen molar-refractivity contribution in [1.82, 2.24) is 9.97 Å². The van der Waals surface area contributed by atoms with Crippen molar-refractivity contribution in [3.8, 4) is 5.88 Å². The minimum Gasteiger partial charge on any atom is -0.475 e. The van der Waals surface area contributed by atoms with Crippen molar-refractivity contribution >= 4 is 11.5 Å². The average molecular weight is 286 g/mol. The van der Waals surface area contributed by atoms with Gasteiger partial charge in [0.25, 0.3) is 0 Å². The molecule has 1 aromatic carbocycles. The van der Waals surface area contributed by atoms with Gasteiger partial charge < -0.3 is 15.4 Å². The predicted molar refractivity (Wildman–Crippen MR) is 84.9 cm³/mol. The first-order valence-corrected chi connectivity index (χ1v) is 7.22. The number of ether oxygens (including phenoxy) is 1. The molecule has 0 radical (unpaired) electrons. The summed E-state index contributed by atoms with van der Waals surface area (Å²) >= 11 is 0. The van der Waals surface area contributed by atoms with Crippen LogP contribution in [0.1, 0.15) is 20.3 Å². The normalized spacial score (nSPS) is 10.7. The lowest BCUT2D eigenvalue weighted by molar-refractivity contribution is 0.232. The van der Waals surface area contributed by atoms with E-state index in [1.165, 1.54) is 6.33 Å². The molecule has 112 valence electrons. The molecule has 2 N–H and O–H groups in total. The Kier molecular flexibility index (Phi) is 5.51. The number of aromatic nitrogens is 2. The molecular weight excluding hydrogens is 264 g/mol. The summed E-state index contributed by atoms with van der Waals surface area (Å²) in [7, 11) is 0. The van der Waals surface area contributed by atoms with E-state index < -0.39 is 0 Å². The third-order valence-corrected chi connectivity index (χ3v) is 2.91. The highest BCUT2D eigenvalue weighted by atomic mass is 16.5. The van der Waals surface area contributed by atoms with Crippen molar-refractivity contribution in [2.24, 2.45) is 5.73 Å². The topological polar surface area (TPSA) is 64.3 Å². The van der Waals surface area contributed by atoms with E-state index in [0.29, 0.717) is 12.4 Å². The molecule has 0 aliphatic carbocycles. The van der Waals surface area contributed by atoms with Crippen molar-refractivity contribution in [3.05, 3.63) is 42.7 Å². The maximum atomic E-state index is 5.64. The molecule has 0 aliphatic heterocycles. The zero-order valence-electron chi connectivity index (χ0n) is 12.6. The number of hydrogen-bond acceptors (Lipinski definition) is 5. The van der Waals surface area contributed by atoms with Crippen molar-refractivity contribution in [1.29, 1.82) is 0 Å². The minimum atomic E-state index is 0.0852. The third kappa shape index (κ3) is 4.43. The Balaban J connectivity index is 2.28. The van der Waals surface area contributed by atoms with Crippen molar-refractivity contribution in [3.63, 3.8) is 0 Å². The zero-order valence-corrected chi connectivity index (χ0v) is 12.6. The van der Waals surface area contributed by atoms with Crippen LogP contribution in [0.2, 0.25) is 0 Å². The minimum absolute atomic E-state index is 0.0852. The van der Waals surface area contributed by atoms with Crippen molar-refractivity contribution < 1.29 is 4.74 Å². The highest BCUT2D eigenvalue weighted by molar-refractivity contribution is 5.60. The van der Waals surface area contributed by atoms with Gasteiger partial charge in [0.1, 0.15) is 12.1 Å². The summed E-state index contributed by atoms with van der Waals surface area (Å²) in [5.41, 5.74) is 6.73. The Morgan fingerprint density at radius 3 is 2.62 bits per heavy atom. The van der Waals surface area contributed by atoms with Crippen molar-refractivity contribution in [2.75, 3.05) is 18.0 Å². The summed E-state index contributed by atoms with van der Waals surface area (Å²) in [6, 6.07) is 12.0. The predicted octanol–water partition coefficient (Wildman–Crippen LogP) is 2.75. The fraction of sp³-hybridized carbons (Fsp3) is 0.375. The number of nitrogens with two attached hydrogens (primary N) is 1. The lowest BCUT2D eigenvalue weighted by Crippen LogP contribution is -2.22. The molecule has 2 aromatic rings. The van der Waals surface area contributed by atoms with E-state index in [-0.39, 0.29) is 6.10 Å². The van der Waals surface area contributed by atoms with Gasteiger partial charge in [0.15, 0.2) is 0 Å². The summed E-state index contributed by atoms with van der Waals surface area (Å²) in [5.74, 6) is 1.41. The largest absolute Gasteiger partial charge is 0.475 e. The van der Waals surface area contributed by atoms with Gasteiger partial charge in [0.2, 0.25) is 5.88 Å². The van der Waals surface area contributed by atoms with Crippen LogP contribution >= 0.6 is 0 Å². The van der Waals surface area contributed by atoms with Gasteiger partial charge in [0, 0.05) is 18.3 Å². The van der Waals surface area contributed by atoms with Crippen LogP contribution in [0.5, 0.6) is 5.88 Å². The maximum absolute atomic E-state index is 5.64. The van der Waals surface area contributed by atoms with Crippen LogP contribution in [0.15, 0.2) is 42.7 Å². The molecule has 0 fully saturated rings. The number of anilines is 2. The number of benzene rings is 1. The summed E-state index contributed by atoms with van der Waals surface area (Å²) in [5, 5.41) is 0. The van der Waals surface area contributed by atoms with Crippen molar-refractivity contribution in [2.45, 2.75) is 26.4 Å². The second-order valence-corrected chi connectivity index (χ2v) is 5.01. The molecule has 0 aliphatic rings. The van der Waals surface area contributed by atoms with Gasteiger partial charge in [-0.25, -0.2) is 9.97 Å². The van der Waals surface area contributed by atoms with Crippen LogP contribution < -0.4 is 15.4 Å². The highest BCUT2D eigenvalue weighted by Gasteiger charge is 2.12. The smallest absolute Gasteiger partial charge is 0.218 e. The average Bonchev–Trinajstić information content (AvgIpc) is 2.48. The first-order valence-electron chi connectivity index (χ1n) is 7.22. The van der Waals surface area contributed by atoms with Crippen LogP contribution in [0, 0.1) is 0 Å². The molecule has 0 spiro atoms. The Labute approximate surface area is 125 Å². The number of hydrogen-bond donors (Lipinski definition) is 1. The standard InChI is InChI=1S/C16H22N4O/c1-13(2)21-16-11-15(18-12-19-16)20(10-6-9-17)14-7-4-3-5-8-14/h3-5,7-8,11-13H,6,9-10,17H2,1-2H3. The maximum Gasteiger partial charge on any atom is 0.218 e. The van der Waals surface area contributed by atoms with Crippen LogP contribution in [-0.4, -0.2) is 29.2 Å². The van der Waals surface area contributed by atoms with Gasteiger partial charge in [-0.3, -0.25) is 0 Å². The Hall–Kier alpha value is -2.14. The second kappa shape index (κ2) is 7.59. The lowest BCUT2D eigenvalue weighted by atomic mass is 10.2. The third-order valence-electron chi connectivity index (χ3n) is 2.91. The molecule has 0 amide bonds. The van der Waals surface area contributed by atoms with E-state index in [1.54, 1.807) is 0 Å². The summed E-state index contributed by atoms with van der Waals surface area (Å²) in [6.07, 6.45) is 2.51. The molecule has 0 saturated heterocycles. The molecule has 5 heteroatoms. The first kappa shape index (κ1) is 15.3. The van der Waals surface area contributed by atoms with E-state index in [9.17, 15) is 0 Å². The molecule has 0 atom stereocenters. The van der Waals surface area contributed by atoms with Gasteiger partial charge in [-0.15, -0.1) is 0 Å². The Bertz CT molecular complexity index is 545. The van der Waals surface area contributed by atoms with Gasteiger partial charge >= 0.3 is 0 Å². The number of rotatable bonds is 7. The molecule has 2 rings (SSSR count). The second-order valence-electron chi connectivity index (χ2n) is 5.01. The fourth-order valence-corrected chi connectivity index (χ4v) is 2.02. The highest BCUT2D eigenvalue weighted by Crippen LogP contribution is 2.25. The number of nitrogens with zero attached hydrogens (tertiary/aromatic N) is 3. The van der Waals surface area contributed by atoms with E-state index in [1.807, 2.05) is 38.1 Å². The summed E-state index contributed by atoms with van der Waals surface area (Å²) < 4.78 is 5.64. The quantitative estimate of drug-likeness (QED) is 0.848. The van der Waals surface area contributed by atoms with Crippen LogP contribution in [0.3, 0.4) is 0 Å². The molecule has 0 unspecified atom stereocenters. The van der Waals surface area contributed by atoms with E-state index >= 15 is 0 Å². The molecule has 1 aromatic heterocycles. The van der Waals surface area contributed by atoms with Crippen LogP contribution in [-0.2, 0) is 0 Å². The van der Waals surface area contributed by atoms with E-state index in [2.05, 4.69) is 27.0 Å². The molecule has 0 saturated carbocycles. The number of para-hydroxylation sites is 1. The van der Waals surface area contributed by atoms with Crippen LogP contribution in [0.25, 0.3) is 0 Å². The fourth-order valence-electron chi connectivity index (χ4n) is 2.02. The van der Waals surface area contributed by atoms with Gasteiger partial charge in [0.05, 0.1) is 6.10 Å². The van der Waals surface area contributed by atoms with E-state index in [4.69, 9.17) is 10.5 Å². The monoisotopic (exact) mass is 286 g/mol.